The normalized spacial score (nSPS) is 13.0. The number of nitrogens with one attached hydrogen (secondary N) is 1. The summed E-state index contributed by atoms with van der Waals surface area (Å²) in [5.41, 5.74) is 1.95. The second-order valence-corrected chi connectivity index (χ2v) is 5.50. The van der Waals surface area contributed by atoms with Crippen LogP contribution in [0.3, 0.4) is 0 Å². The molecule has 1 aromatic rings. The minimum atomic E-state index is -0.0852. The van der Waals surface area contributed by atoms with Gasteiger partial charge in [-0.25, -0.2) is 4.39 Å². The smallest absolute Gasteiger partial charge is 0.127 e. The molecule has 0 aliphatic rings. The van der Waals surface area contributed by atoms with Crippen molar-refractivity contribution < 1.29 is 4.39 Å². The van der Waals surface area contributed by atoms with Crippen molar-refractivity contribution in [1.82, 2.24) is 5.32 Å². The third kappa shape index (κ3) is 4.77. The summed E-state index contributed by atoms with van der Waals surface area (Å²) in [5.74, 6) is 0.571. The largest absolute Gasteiger partial charge is 0.310 e. The highest BCUT2D eigenvalue weighted by Crippen LogP contribution is 2.24. The molecule has 0 aromatic heterocycles. The molecule has 2 heteroatoms. The molecule has 0 spiro atoms. The molecule has 1 aromatic carbocycles. The Bertz CT molecular complexity index is 360. The lowest BCUT2D eigenvalue weighted by Crippen LogP contribution is -2.23. The third-order valence-corrected chi connectivity index (χ3v) is 3.20. The molecular weight excluding hydrogens is 225 g/mol. The van der Waals surface area contributed by atoms with Gasteiger partial charge in [-0.1, -0.05) is 38.5 Å². The van der Waals surface area contributed by atoms with Crippen LogP contribution in [0.25, 0.3) is 0 Å². The van der Waals surface area contributed by atoms with Crippen LogP contribution >= 0.6 is 0 Å². The maximum absolute atomic E-state index is 13.9. The Kier molecular flexibility index (Phi) is 6.34. The van der Waals surface area contributed by atoms with Crippen LogP contribution < -0.4 is 5.32 Å². The fourth-order valence-corrected chi connectivity index (χ4v) is 2.12. The van der Waals surface area contributed by atoms with E-state index >= 15 is 0 Å². The summed E-state index contributed by atoms with van der Waals surface area (Å²) < 4.78 is 13.9. The maximum atomic E-state index is 13.9. The van der Waals surface area contributed by atoms with E-state index in [-0.39, 0.29) is 11.9 Å². The summed E-state index contributed by atoms with van der Waals surface area (Å²) >= 11 is 0. The molecule has 0 heterocycles. The fraction of sp³-hybridized carbons (Fsp3) is 0.625. The van der Waals surface area contributed by atoms with E-state index in [1.807, 2.05) is 19.1 Å². The zero-order valence-electron chi connectivity index (χ0n) is 12.1. The molecule has 0 aliphatic heterocycles. The molecular formula is C16H26FN. The highest BCUT2D eigenvalue weighted by Gasteiger charge is 2.15. The topological polar surface area (TPSA) is 12.0 Å². The van der Waals surface area contributed by atoms with Gasteiger partial charge in [-0.3, -0.25) is 0 Å². The number of halogens is 1. The van der Waals surface area contributed by atoms with Gasteiger partial charge in [0.2, 0.25) is 0 Å². The van der Waals surface area contributed by atoms with Crippen LogP contribution in [0.5, 0.6) is 0 Å². The van der Waals surface area contributed by atoms with Gasteiger partial charge in [-0.15, -0.1) is 0 Å². The van der Waals surface area contributed by atoms with Crippen molar-refractivity contribution in [3.63, 3.8) is 0 Å². The van der Waals surface area contributed by atoms with Crippen LogP contribution in [0, 0.1) is 18.7 Å². The van der Waals surface area contributed by atoms with Crippen molar-refractivity contribution in [3.05, 3.63) is 35.1 Å². The zero-order chi connectivity index (χ0) is 13.5. The van der Waals surface area contributed by atoms with Gasteiger partial charge in [0.1, 0.15) is 5.82 Å². The van der Waals surface area contributed by atoms with E-state index in [1.165, 1.54) is 0 Å². The minimum absolute atomic E-state index is 0.0852. The third-order valence-electron chi connectivity index (χ3n) is 3.20. The Hall–Kier alpha value is -0.890. The van der Waals surface area contributed by atoms with E-state index in [9.17, 15) is 4.39 Å². The first-order chi connectivity index (χ1) is 8.54. The average molecular weight is 251 g/mol. The molecule has 0 aliphatic carbocycles. The van der Waals surface area contributed by atoms with Crippen LogP contribution in [-0.2, 0) is 0 Å². The van der Waals surface area contributed by atoms with Crippen molar-refractivity contribution in [2.75, 3.05) is 6.54 Å². The number of benzene rings is 1. The standard InChI is InChI=1S/C16H26FN/c1-5-10-18-16(9-6-12(2)3)14-11-13(4)7-8-15(14)17/h7-8,11-12,16,18H,5-6,9-10H2,1-4H3. The molecule has 0 saturated carbocycles. The Morgan fingerprint density at radius 1 is 1.22 bits per heavy atom. The Labute approximate surface area is 111 Å². The van der Waals surface area contributed by atoms with E-state index < -0.39 is 0 Å². The second kappa shape index (κ2) is 7.52. The van der Waals surface area contributed by atoms with Gasteiger partial charge in [-0.05, 0) is 44.7 Å². The summed E-state index contributed by atoms with van der Waals surface area (Å²) in [4.78, 5) is 0. The summed E-state index contributed by atoms with van der Waals surface area (Å²) in [6, 6.07) is 5.54. The maximum Gasteiger partial charge on any atom is 0.127 e. The lowest BCUT2D eigenvalue weighted by Gasteiger charge is -2.21. The summed E-state index contributed by atoms with van der Waals surface area (Å²) in [6.07, 6.45) is 3.19. The second-order valence-electron chi connectivity index (χ2n) is 5.50. The van der Waals surface area contributed by atoms with Crippen molar-refractivity contribution >= 4 is 0 Å². The van der Waals surface area contributed by atoms with Crippen molar-refractivity contribution in [1.29, 1.82) is 0 Å². The first kappa shape index (κ1) is 15.2. The Balaban J connectivity index is 2.82. The molecule has 0 amide bonds. The van der Waals surface area contributed by atoms with Gasteiger partial charge in [-0.2, -0.15) is 0 Å². The highest BCUT2D eigenvalue weighted by molar-refractivity contribution is 5.26. The molecule has 0 saturated heterocycles. The predicted molar refractivity (Wildman–Crippen MR) is 76.2 cm³/mol. The summed E-state index contributed by atoms with van der Waals surface area (Å²) in [7, 11) is 0. The van der Waals surface area contributed by atoms with Crippen LogP contribution in [0.15, 0.2) is 18.2 Å². The van der Waals surface area contributed by atoms with Gasteiger partial charge in [0.25, 0.3) is 0 Å². The first-order valence-corrected chi connectivity index (χ1v) is 7.04. The Morgan fingerprint density at radius 2 is 1.94 bits per heavy atom. The predicted octanol–water partition coefficient (Wildman–Crippen LogP) is 4.61. The fourth-order valence-electron chi connectivity index (χ4n) is 2.12. The highest BCUT2D eigenvalue weighted by atomic mass is 19.1. The lowest BCUT2D eigenvalue weighted by atomic mass is 9.96. The zero-order valence-corrected chi connectivity index (χ0v) is 12.1. The van der Waals surface area contributed by atoms with Gasteiger partial charge in [0, 0.05) is 11.6 Å². The van der Waals surface area contributed by atoms with Crippen LogP contribution in [0.2, 0.25) is 0 Å². The molecule has 1 nitrogen and oxygen atoms in total. The lowest BCUT2D eigenvalue weighted by molar-refractivity contribution is 0.427. The van der Waals surface area contributed by atoms with E-state index in [0.717, 1.165) is 36.9 Å². The van der Waals surface area contributed by atoms with E-state index in [4.69, 9.17) is 0 Å². The number of hydrogen-bond donors (Lipinski definition) is 1. The molecule has 0 fully saturated rings. The van der Waals surface area contributed by atoms with Crippen LogP contribution in [0.4, 0.5) is 4.39 Å². The monoisotopic (exact) mass is 251 g/mol. The molecule has 0 bridgehead atoms. The van der Waals surface area contributed by atoms with Gasteiger partial charge >= 0.3 is 0 Å². The van der Waals surface area contributed by atoms with E-state index in [2.05, 4.69) is 26.1 Å². The molecule has 102 valence electrons. The Morgan fingerprint density at radius 3 is 2.56 bits per heavy atom. The molecule has 0 radical (unpaired) electrons. The van der Waals surface area contributed by atoms with Crippen LogP contribution in [-0.4, -0.2) is 6.54 Å². The summed E-state index contributed by atoms with van der Waals surface area (Å²) in [5, 5.41) is 3.47. The van der Waals surface area contributed by atoms with E-state index in [1.54, 1.807) is 6.07 Å². The summed E-state index contributed by atoms with van der Waals surface area (Å²) in [6.45, 7) is 9.52. The van der Waals surface area contributed by atoms with E-state index in [0.29, 0.717) is 5.92 Å². The molecule has 1 rings (SSSR count). The quantitative estimate of drug-likeness (QED) is 0.746. The van der Waals surface area contributed by atoms with Crippen molar-refractivity contribution in [3.8, 4) is 0 Å². The van der Waals surface area contributed by atoms with Gasteiger partial charge in [0.15, 0.2) is 0 Å². The number of aryl methyl sites for hydroxylation is 1. The molecule has 1 unspecified atom stereocenters. The SMILES string of the molecule is CCCNC(CCC(C)C)c1cc(C)ccc1F. The van der Waals surface area contributed by atoms with Crippen LogP contribution in [0.1, 0.15) is 57.2 Å². The first-order valence-electron chi connectivity index (χ1n) is 7.04. The minimum Gasteiger partial charge on any atom is -0.310 e. The molecule has 1 N–H and O–H groups in total. The van der Waals surface area contributed by atoms with Crippen molar-refractivity contribution in [2.45, 2.75) is 53.0 Å². The molecule has 1 atom stereocenters. The average Bonchev–Trinajstić information content (AvgIpc) is 2.32. The molecule has 18 heavy (non-hydrogen) atoms. The van der Waals surface area contributed by atoms with Crippen molar-refractivity contribution in [2.24, 2.45) is 5.92 Å². The number of rotatable bonds is 7. The van der Waals surface area contributed by atoms with Gasteiger partial charge < -0.3 is 5.32 Å². The number of hydrogen-bond acceptors (Lipinski definition) is 1. The van der Waals surface area contributed by atoms with Gasteiger partial charge in [0.05, 0.1) is 0 Å².